The quantitative estimate of drug-likeness (QED) is 0.923. The summed E-state index contributed by atoms with van der Waals surface area (Å²) in [6.45, 7) is 4.21. The lowest BCUT2D eigenvalue weighted by atomic mass is 10.2. The molecule has 0 saturated carbocycles. The van der Waals surface area contributed by atoms with Gasteiger partial charge in [0.2, 0.25) is 0 Å². The molecule has 0 aliphatic carbocycles. The van der Waals surface area contributed by atoms with Crippen molar-refractivity contribution in [1.29, 1.82) is 0 Å². The third kappa shape index (κ3) is 2.72. The van der Waals surface area contributed by atoms with Crippen molar-refractivity contribution in [2.24, 2.45) is 0 Å². The molecule has 1 aromatic heterocycles. The zero-order chi connectivity index (χ0) is 13.8. The van der Waals surface area contributed by atoms with E-state index in [4.69, 9.17) is 9.47 Å². The summed E-state index contributed by atoms with van der Waals surface area (Å²) >= 11 is 0. The Balaban J connectivity index is 1.71. The second-order valence-electron chi connectivity index (χ2n) is 4.59. The Bertz CT molecular complexity index is 572. The van der Waals surface area contributed by atoms with Crippen LogP contribution in [0.3, 0.4) is 0 Å². The number of para-hydroxylation sites is 2. The molecule has 5 nitrogen and oxygen atoms in total. The molecule has 1 atom stereocenters. The van der Waals surface area contributed by atoms with Gasteiger partial charge in [0.1, 0.15) is 6.61 Å². The summed E-state index contributed by atoms with van der Waals surface area (Å²) in [7, 11) is 0. The first-order valence-corrected chi connectivity index (χ1v) is 6.77. The standard InChI is InChI=1S/C15H17N3O2/c1-2-16-7-11-8-17-15(18-9-11)14-10-19-12-5-3-4-6-13(12)20-14/h3-6,8-9,14,16H,2,7,10H2,1H3. The van der Waals surface area contributed by atoms with Crippen LogP contribution in [-0.4, -0.2) is 23.1 Å². The minimum absolute atomic E-state index is 0.252. The number of fused-ring (bicyclic) bond motifs is 1. The molecule has 2 heterocycles. The molecule has 2 aromatic rings. The molecule has 0 saturated heterocycles. The summed E-state index contributed by atoms with van der Waals surface area (Å²) in [6, 6.07) is 7.63. The third-order valence-corrected chi connectivity index (χ3v) is 3.10. The van der Waals surface area contributed by atoms with E-state index < -0.39 is 0 Å². The highest BCUT2D eigenvalue weighted by Crippen LogP contribution is 2.34. The maximum absolute atomic E-state index is 5.87. The van der Waals surface area contributed by atoms with Gasteiger partial charge in [0, 0.05) is 24.5 Å². The minimum Gasteiger partial charge on any atom is -0.485 e. The van der Waals surface area contributed by atoms with Gasteiger partial charge in [-0.15, -0.1) is 0 Å². The van der Waals surface area contributed by atoms with E-state index in [1.165, 1.54) is 0 Å². The Morgan fingerprint density at radius 2 is 1.95 bits per heavy atom. The molecule has 1 unspecified atom stereocenters. The van der Waals surface area contributed by atoms with Crippen LogP contribution in [-0.2, 0) is 6.54 Å². The van der Waals surface area contributed by atoms with Crippen molar-refractivity contribution in [1.82, 2.24) is 15.3 Å². The number of nitrogens with zero attached hydrogens (tertiary/aromatic N) is 2. The number of benzene rings is 1. The van der Waals surface area contributed by atoms with Gasteiger partial charge < -0.3 is 14.8 Å². The van der Waals surface area contributed by atoms with Crippen LogP contribution in [0.5, 0.6) is 11.5 Å². The molecule has 0 spiro atoms. The summed E-state index contributed by atoms with van der Waals surface area (Å²) in [5, 5.41) is 3.24. The first-order valence-electron chi connectivity index (χ1n) is 6.77. The van der Waals surface area contributed by atoms with Gasteiger partial charge in [-0.05, 0) is 18.7 Å². The zero-order valence-electron chi connectivity index (χ0n) is 11.4. The number of nitrogens with one attached hydrogen (secondary N) is 1. The number of hydrogen-bond donors (Lipinski definition) is 1. The van der Waals surface area contributed by atoms with Gasteiger partial charge in [-0.1, -0.05) is 19.1 Å². The smallest absolute Gasteiger partial charge is 0.192 e. The normalized spacial score (nSPS) is 16.9. The van der Waals surface area contributed by atoms with Crippen LogP contribution < -0.4 is 14.8 Å². The fraction of sp³-hybridized carbons (Fsp3) is 0.333. The minimum atomic E-state index is -0.252. The second kappa shape index (κ2) is 5.88. The fourth-order valence-electron chi connectivity index (χ4n) is 2.04. The average Bonchev–Trinajstić information content (AvgIpc) is 2.53. The Labute approximate surface area is 118 Å². The molecular weight excluding hydrogens is 254 g/mol. The summed E-state index contributed by atoms with van der Waals surface area (Å²) in [5.74, 6) is 2.16. The molecule has 0 fully saturated rings. The summed E-state index contributed by atoms with van der Waals surface area (Å²) < 4.78 is 11.5. The molecule has 1 aliphatic rings. The zero-order valence-corrected chi connectivity index (χ0v) is 11.4. The molecule has 0 radical (unpaired) electrons. The van der Waals surface area contributed by atoms with Gasteiger partial charge in [-0.3, -0.25) is 0 Å². The molecule has 1 aliphatic heterocycles. The first-order chi connectivity index (χ1) is 9.86. The molecule has 5 heteroatoms. The van der Waals surface area contributed by atoms with E-state index in [-0.39, 0.29) is 6.10 Å². The van der Waals surface area contributed by atoms with Crippen molar-refractivity contribution in [2.75, 3.05) is 13.2 Å². The van der Waals surface area contributed by atoms with E-state index in [1.54, 1.807) is 0 Å². The van der Waals surface area contributed by atoms with Crippen molar-refractivity contribution in [3.05, 3.63) is 48.0 Å². The molecule has 1 aromatic carbocycles. The number of rotatable bonds is 4. The van der Waals surface area contributed by atoms with Crippen molar-refractivity contribution in [2.45, 2.75) is 19.6 Å². The van der Waals surface area contributed by atoms with E-state index >= 15 is 0 Å². The molecular formula is C15H17N3O2. The van der Waals surface area contributed by atoms with E-state index in [0.29, 0.717) is 12.4 Å². The molecule has 1 N–H and O–H groups in total. The lowest BCUT2D eigenvalue weighted by molar-refractivity contribution is 0.0850. The second-order valence-corrected chi connectivity index (χ2v) is 4.59. The number of hydrogen-bond acceptors (Lipinski definition) is 5. The maximum atomic E-state index is 5.87. The third-order valence-electron chi connectivity index (χ3n) is 3.10. The molecule has 20 heavy (non-hydrogen) atoms. The van der Waals surface area contributed by atoms with Crippen LogP contribution in [0.4, 0.5) is 0 Å². The predicted molar refractivity (Wildman–Crippen MR) is 74.7 cm³/mol. The number of ether oxygens (including phenoxy) is 2. The van der Waals surface area contributed by atoms with E-state index in [2.05, 4.69) is 22.2 Å². The fourth-order valence-corrected chi connectivity index (χ4v) is 2.04. The van der Waals surface area contributed by atoms with E-state index in [1.807, 2.05) is 36.7 Å². The number of aromatic nitrogens is 2. The monoisotopic (exact) mass is 271 g/mol. The highest BCUT2D eigenvalue weighted by Gasteiger charge is 2.24. The highest BCUT2D eigenvalue weighted by atomic mass is 16.6. The largest absolute Gasteiger partial charge is 0.485 e. The van der Waals surface area contributed by atoms with Gasteiger partial charge in [-0.25, -0.2) is 9.97 Å². The molecule has 104 valence electrons. The van der Waals surface area contributed by atoms with Crippen molar-refractivity contribution in [3.8, 4) is 11.5 Å². The Kier molecular flexibility index (Phi) is 3.78. The van der Waals surface area contributed by atoms with Gasteiger partial charge in [-0.2, -0.15) is 0 Å². The van der Waals surface area contributed by atoms with Crippen LogP contribution in [0.15, 0.2) is 36.7 Å². The van der Waals surface area contributed by atoms with Crippen LogP contribution in [0.1, 0.15) is 24.4 Å². The lowest BCUT2D eigenvalue weighted by Gasteiger charge is -2.25. The van der Waals surface area contributed by atoms with Crippen LogP contribution in [0.2, 0.25) is 0 Å². The van der Waals surface area contributed by atoms with Gasteiger partial charge >= 0.3 is 0 Å². The topological polar surface area (TPSA) is 56.3 Å². The Hall–Kier alpha value is -2.14. The Morgan fingerprint density at radius 1 is 1.20 bits per heavy atom. The summed E-state index contributed by atoms with van der Waals surface area (Å²) in [5.41, 5.74) is 1.06. The maximum Gasteiger partial charge on any atom is 0.192 e. The molecule has 0 bridgehead atoms. The molecule has 3 rings (SSSR count). The summed E-state index contributed by atoms with van der Waals surface area (Å²) in [4.78, 5) is 8.74. The van der Waals surface area contributed by atoms with Crippen LogP contribution in [0, 0.1) is 0 Å². The average molecular weight is 271 g/mol. The van der Waals surface area contributed by atoms with Gasteiger partial charge in [0.25, 0.3) is 0 Å². The van der Waals surface area contributed by atoms with Gasteiger partial charge in [0.05, 0.1) is 0 Å². The van der Waals surface area contributed by atoms with Crippen molar-refractivity contribution < 1.29 is 9.47 Å². The first kappa shape index (κ1) is 12.9. The highest BCUT2D eigenvalue weighted by molar-refractivity contribution is 5.40. The van der Waals surface area contributed by atoms with Crippen molar-refractivity contribution >= 4 is 0 Å². The SMILES string of the molecule is CCNCc1cnc(C2COc3ccccc3O2)nc1. The van der Waals surface area contributed by atoms with E-state index in [0.717, 1.165) is 30.2 Å². The predicted octanol–water partition coefficient (Wildman–Crippen LogP) is 2.10. The Morgan fingerprint density at radius 3 is 2.70 bits per heavy atom. The van der Waals surface area contributed by atoms with Gasteiger partial charge in [0.15, 0.2) is 23.4 Å². The lowest BCUT2D eigenvalue weighted by Crippen LogP contribution is -2.23. The van der Waals surface area contributed by atoms with Crippen LogP contribution in [0.25, 0.3) is 0 Å². The molecule has 0 amide bonds. The van der Waals surface area contributed by atoms with Crippen LogP contribution >= 0.6 is 0 Å². The van der Waals surface area contributed by atoms with Crippen molar-refractivity contribution in [3.63, 3.8) is 0 Å². The van der Waals surface area contributed by atoms with E-state index in [9.17, 15) is 0 Å². The summed E-state index contributed by atoms with van der Waals surface area (Å²) in [6.07, 6.45) is 3.40.